The van der Waals surface area contributed by atoms with Crippen LogP contribution >= 0.6 is 15.9 Å². The van der Waals surface area contributed by atoms with Gasteiger partial charge >= 0.3 is 0 Å². The lowest BCUT2D eigenvalue weighted by Crippen LogP contribution is -2.28. The zero-order valence-corrected chi connectivity index (χ0v) is 18.0. The Kier molecular flexibility index (Phi) is 7.59. The SMILES string of the molecule is COc1cc(CNC2CCCCCC2)c(Br)cc1OCc1ccccc1C. The van der Waals surface area contributed by atoms with Gasteiger partial charge in [-0.2, -0.15) is 0 Å². The second-order valence-electron chi connectivity index (χ2n) is 7.38. The van der Waals surface area contributed by atoms with Crippen molar-refractivity contribution < 1.29 is 9.47 Å². The fourth-order valence-electron chi connectivity index (χ4n) is 3.65. The molecule has 4 heteroatoms. The number of rotatable bonds is 7. The summed E-state index contributed by atoms with van der Waals surface area (Å²) in [6.45, 7) is 3.49. The first kappa shape index (κ1) is 20.2. The van der Waals surface area contributed by atoms with Crippen LogP contribution in [0, 0.1) is 6.92 Å². The molecular formula is C23H30BrNO2. The molecule has 0 aromatic heterocycles. The van der Waals surface area contributed by atoms with Gasteiger partial charge in [0.15, 0.2) is 11.5 Å². The molecule has 0 amide bonds. The Morgan fingerprint density at radius 1 is 1.00 bits per heavy atom. The molecule has 0 radical (unpaired) electrons. The van der Waals surface area contributed by atoms with Gasteiger partial charge in [-0.15, -0.1) is 0 Å². The van der Waals surface area contributed by atoms with Crippen LogP contribution in [0.15, 0.2) is 40.9 Å². The summed E-state index contributed by atoms with van der Waals surface area (Å²) >= 11 is 3.72. The molecule has 1 aliphatic carbocycles. The Morgan fingerprint density at radius 2 is 1.74 bits per heavy atom. The summed E-state index contributed by atoms with van der Waals surface area (Å²) in [5.74, 6) is 1.55. The van der Waals surface area contributed by atoms with Gasteiger partial charge in [0.25, 0.3) is 0 Å². The van der Waals surface area contributed by atoms with E-state index in [1.54, 1.807) is 7.11 Å². The van der Waals surface area contributed by atoms with Crippen LogP contribution in [0.2, 0.25) is 0 Å². The van der Waals surface area contributed by atoms with Crippen molar-refractivity contribution in [2.75, 3.05) is 7.11 Å². The monoisotopic (exact) mass is 431 g/mol. The van der Waals surface area contributed by atoms with Crippen LogP contribution in [-0.2, 0) is 13.2 Å². The number of halogens is 1. The molecule has 1 aliphatic rings. The average Bonchev–Trinajstić information content (AvgIpc) is 2.95. The third kappa shape index (κ3) is 5.73. The van der Waals surface area contributed by atoms with E-state index in [4.69, 9.17) is 9.47 Å². The van der Waals surface area contributed by atoms with Gasteiger partial charge in [0, 0.05) is 17.1 Å². The second kappa shape index (κ2) is 10.1. The molecule has 1 N–H and O–H groups in total. The maximum Gasteiger partial charge on any atom is 0.162 e. The Balaban J connectivity index is 1.66. The second-order valence-corrected chi connectivity index (χ2v) is 8.23. The Labute approximate surface area is 171 Å². The average molecular weight is 432 g/mol. The molecule has 0 unspecified atom stereocenters. The predicted molar refractivity (Wildman–Crippen MR) is 115 cm³/mol. The van der Waals surface area contributed by atoms with Crippen molar-refractivity contribution in [3.05, 3.63) is 57.6 Å². The normalized spacial score (nSPS) is 15.4. The van der Waals surface area contributed by atoms with Gasteiger partial charge in [0.05, 0.1) is 7.11 Å². The van der Waals surface area contributed by atoms with Gasteiger partial charge in [-0.05, 0) is 48.6 Å². The maximum atomic E-state index is 6.07. The van der Waals surface area contributed by atoms with E-state index in [1.165, 1.54) is 55.2 Å². The Hall–Kier alpha value is -1.52. The van der Waals surface area contributed by atoms with Crippen molar-refractivity contribution in [2.45, 2.75) is 64.6 Å². The van der Waals surface area contributed by atoms with Gasteiger partial charge in [-0.1, -0.05) is 65.9 Å². The number of aryl methyl sites for hydroxylation is 1. The minimum absolute atomic E-state index is 0.537. The summed E-state index contributed by atoms with van der Waals surface area (Å²) in [4.78, 5) is 0. The van der Waals surface area contributed by atoms with Gasteiger partial charge in [-0.25, -0.2) is 0 Å². The molecule has 27 heavy (non-hydrogen) atoms. The molecule has 0 saturated heterocycles. The van der Waals surface area contributed by atoms with E-state index in [9.17, 15) is 0 Å². The molecule has 0 spiro atoms. The van der Waals surface area contributed by atoms with Gasteiger partial charge in [-0.3, -0.25) is 0 Å². The van der Waals surface area contributed by atoms with E-state index in [2.05, 4.69) is 46.4 Å². The first-order chi connectivity index (χ1) is 13.2. The molecule has 0 bridgehead atoms. The molecule has 146 valence electrons. The Bertz CT molecular complexity index is 739. The number of benzene rings is 2. The lowest BCUT2D eigenvalue weighted by molar-refractivity contribution is 0.283. The summed E-state index contributed by atoms with van der Waals surface area (Å²) in [5, 5.41) is 3.73. The largest absolute Gasteiger partial charge is 0.493 e. The molecule has 0 aliphatic heterocycles. The molecular weight excluding hydrogens is 402 g/mol. The van der Waals surface area contributed by atoms with Crippen LogP contribution in [0.3, 0.4) is 0 Å². The van der Waals surface area contributed by atoms with Gasteiger partial charge in [0.2, 0.25) is 0 Å². The summed E-state index contributed by atoms with van der Waals surface area (Å²) in [7, 11) is 1.70. The Morgan fingerprint density at radius 3 is 2.44 bits per heavy atom. The minimum atomic E-state index is 0.537. The van der Waals surface area contributed by atoms with Crippen LogP contribution in [0.5, 0.6) is 11.5 Å². The minimum Gasteiger partial charge on any atom is -0.493 e. The van der Waals surface area contributed by atoms with Crippen molar-refractivity contribution in [2.24, 2.45) is 0 Å². The summed E-state index contributed by atoms with van der Waals surface area (Å²) < 4.78 is 12.7. The fourth-order valence-corrected chi connectivity index (χ4v) is 4.11. The molecule has 3 rings (SSSR count). The van der Waals surface area contributed by atoms with Crippen molar-refractivity contribution in [1.82, 2.24) is 5.32 Å². The van der Waals surface area contributed by atoms with Crippen molar-refractivity contribution in [1.29, 1.82) is 0 Å². The van der Waals surface area contributed by atoms with Crippen LogP contribution < -0.4 is 14.8 Å². The van der Waals surface area contributed by atoms with E-state index in [-0.39, 0.29) is 0 Å². The van der Waals surface area contributed by atoms with E-state index >= 15 is 0 Å². The summed E-state index contributed by atoms with van der Waals surface area (Å²) in [5.41, 5.74) is 3.63. The smallest absolute Gasteiger partial charge is 0.162 e. The molecule has 3 nitrogen and oxygen atoms in total. The highest BCUT2D eigenvalue weighted by Crippen LogP contribution is 2.34. The quantitative estimate of drug-likeness (QED) is 0.532. The number of methoxy groups -OCH3 is 1. The molecule has 2 aromatic carbocycles. The van der Waals surface area contributed by atoms with E-state index < -0.39 is 0 Å². The predicted octanol–water partition coefficient (Wildman–Crippen LogP) is 6.16. The van der Waals surface area contributed by atoms with Crippen LogP contribution in [0.1, 0.15) is 55.2 Å². The fraction of sp³-hybridized carbons (Fsp3) is 0.478. The molecule has 2 aromatic rings. The van der Waals surface area contributed by atoms with E-state index in [0.29, 0.717) is 12.6 Å². The number of hydrogen-bond donors (Lipinski definition) is 1. The standard InChI is InChI=1S/C23H30BrNO2/c1-17-9-7-8-10-18(17)16-27-23-14-21(24)19(13-22(23)26-2)15-25-20-11-5-3-4-6-12-20/h7-10,13-14,20,25H,3-6,11-12,15-16H2,1-2H3. The van der Waals surface area contributed by atoms with Gasteiger partial charge < -0.3 is 14.8 Å². The van der Waals surface area contributed by atoms with Crippen molar-refractivity contribution in [3.63, 3.8) is 0 Å². The summed E-state index contributed by atoms with van der Waals surface area (Å²) in [6.07, 6.45) is 8.01. The molecule has 1 saturated carbocycles. The highest BCUT2D eigenvalue weighted by atomic mass is 79.9. The number of ether oxygens (including phenoxy) is 2. The summed E-state index contributed by atoms with van der Waals surface area (Å²) in [6, 6.07) is 13.0. The van der Waals surface area contributed by atoms with Crippen molar-refractivity contribution in [3.8, 4) is 11.5 Å². The number of hydrogen-bond acceptors (Lipinski definition) is 3. The maximum absolute atomic E-state index is 6.07. The van der Waals surface area contributed by atoms with Crippen LogP contribution in [-0.4, -0.2) is 13.2 Å². The first-order valence-corrected chi connectivity index (χ1v) is 10.7. The lowest BCUT2D eigenvalue weighted by Gasteiger charge is -2.18. The first-order valence-electron chi connectivity index (χ1n) is 9.94. The highest BCUT2D eigenvalue weighted by molar-refractivity contribution is 9.10. The van der Waals surface area contributed by atoms with Crippen LogP contribution in [0.4, 0.5) is 0 Å². The van der Waals surface area contributed by atoms with Crippen LogP contribution in [0.25, 0.3) is 0 Å². The highest BCUT2D eigenvalue weighted by Gasteiger charge is 2.15. The zero-order chi connectivity index (χ0) is 19.1. The topological polar surface area (TPSA) is 30.5 Å². The lowest BCUT2D eigenvalue weighted by atomic mass is 10.1. The molecule has 0 atom stereocenters. The zero-order valence-electron chi connectivity index (χ0n) is 16.4. The van der Waals surface area contributed by atoms with E-state index in [0.717, 1.165) is 22.5 Å². The van der Waals surface area contributed by atoms with E-state index in [1.807, 2.05) is 18.2 Å². The molecule has 0 heterocycles. The molecule has 1 fully saturated rings. The third-order valence-electron chi connectivity index (χ3n) is 5.41. The van der Waals surface area contributed by atoms with Gasteiger partial charge in [0.1, 0.15) is 6.61 Å². The number of nitrogens with one attached hydrogen (secondary N) is 1. The third-order valence-corrected chi connectivity index (χ3v) is 6.15. The van der Waals surface area contributed by atoms with Crippen molar-refractivity contribution >= 4 is 15.9 Å².